The summed E-state index contributed by atoms with van der Waals surface area (Å²) in [5.74, 6) is -0.467. The largest absolute Gasteiger partial charge is 0.424 e. The van der Waals surface area contributed by atoms with Crippen molar-refractivity contribution in [2.24, 2.45) is 0 Å². The van der Waals surface area contributed by atoms with Crippen molar-refractivity contribution in [2.75, 3.05) is 0 Å². The predicted octanol–water partition coefficient (Wildman–Crippen LogP) is 9.75. The molecular formula is C33H41FO2. The summed E-state index contributed by atoms with van der Waals surface area (Å²) in [7, 11) is 0. The van der Waals surface area contributed by atoms with Crippen molar-refractivity contribution < 1.29 is 13.9 Å². The normalized spacial score (nSPS) is 12.8. The highest BCUT2D eigenvalue weighted by Crippen LogP contribution is 2.33. The summed E-state index contributed by atoms with van der Waals surface area (Å²) in [6, 6.07) is 24.6. The number of rotatable bonds is 14. The molecule has 0 aliphatic rings. The molecule has 0 aliphatic carbocycles. The van der Waals surface area contributed by atoms with E-state index in [-0.39, 0.29) is 6.42 Å². The molecule has 0 saturated heterocycles. The molecule has 3 rings (SSSR count). The minimum Gasteiger partial charge on any atom is -0.424 e. The Morgan fingerprint density at radius 3 is 1.83 bits per heavy atom. The highest BCUT2D eigenvalue weighted by Gasteiger charge is 2.34. The number of esters is 1. The first-order chi connectivity index (χ1) is 17.4. The summed E-state index contributed by atoms with van der Waals surface area (Å²) in [5, 5.41) is 0. The second kappa shape index (κ2) is 14.0. The molecule has 0 spiro atoms. The molecule has 0 fully saturated rings. The molecule has 0 N–H and O–H groups in total. The molecule has 3 aromatic rings. The molecule has 0 bridgehead atoms. The molecule has 1 atom stereocenters. The summed E-state index contributed by atoms with van der Waals surface area (Å²) in [4.78, 5) is 12.3. The Hall–Kier alpha value is -2.94. The second-order valence-electron chi connectivity index (χ2n) is 9.98. The van der Waals surface area contributed by atoms with E-state index in [0.717, 1.165) is 29.5 Å². The van der Waals surface area contributed by atoms with Crippen LogP contribution in [0.15, 0.2) is 72.8 Å². The summed E-state index contributed by atoms with van der Waals surface area (Å²) in [6.07, 6.45) is 10.7. The van der Waals surface area contributed by atoms with Gasteiger partial charge in [-0.15, -0.1) is 0 Å². The Balaban J connectivity index is 1.66. The van der Waals surface area contributed by atoms with Crippen molar-refractivity contribution >= 4 is 5.97 Å². The molecule has 192 valence electrons. The molecule has 0 aromatic heterocycles. The number of alkyl halides is 1. The van der Waals surface area contributed by atoms with E-state index < -0.39 is 11.6 Å². The number of ether oxygens (including phenoxy) is 1. The minimum atomic E-state index is -1.97. The van der Waals surface area contributed by atoms with Gasteiger partial charge in [0.15, 0.2) is 0 Å². The van der Waals surface area contributed by atoms with Crippen LogP contribution in [0.1, 0.15) is 84.1 Å². The van der Waals surface area contributed by atoms with Gasteiger partial charge in [0.05, 0.1) is 0 Å². The highest BCUT2D eigenvalue weighted by molar-refractivity contribution is 5.84. The first-order valence-electron chi connectivity index (χ1n) is 13.6. The molecule has 3 heteroatoms. The lowest BCUT2D eigenvalue weighted by Gasteiger charge is -2.18. The third-order valence-electron chi connectivity index (χ3n) is 6.81. The van der Waals surface area contributed by atoms with E-state index in [4.69, 9.17) is 4.74 Å². The maximum Gasteiger partial charge on any atom is 0.348 e. The quantitative estimate of drug-likeness (QED) is 0.128. The van der Waals surface area contributed by atoms with Crippen LogP contribution in [0, 0.1) is 0 Å². The van der Waals surface area contributed by atoms with Crippen LogP contribution in [0.25, 0.3) is 22.3 Å². The molecule has 0 heterocycles. The fourth-order valence-corrected chi connectivity index (χ4v) is 4.47. The smallest absolute Gasteiger partial charge is 0.348 e. The van der Waals surface area contributed by atoms with Gasteiger partial charge < -0.3 is 4.74 Å². The molecule has 0 aliphatic heterocycles. The number of benzene rings is 3. The van der Waals surface area contributed by atoms with E-state index >= 15 is 0 Å². The summed E-state index contributed by atoms with van der Waals surface area (Å²) < 4.78 is 20.0. The van der Waals surface area contributed by atoms with Gasteiger partial charge in [0.25, 0.3) is 0 Å². The van der Waals surface area contributed by atoms with Crippen LogP contribution >= 0.6 is 0 Å². The van der Waals surface area contributed by atoms with Gasteiger partial charge in [-0.25, -0.2) is 9.18 Å². The summed E-state index contributed by atoms with van der Waals surface area (Å²) in [6.45, 7) is 5.53. The van der Waals surface area contributed by atoms with Crippen LogP contribution in [0.5, 0.6) is 5.75 Å². The van der Waals surface area contributed by atoms with Gasteiger partial charge in [-0.2, -0.15) is 0 Å². The standard InChI is InChI=1S/C33H41FO2/c1-4-6-8-9-10-11-14-26-17-19-27(20-18-26)30-15-12-13-16-31(30)28-21-23-29(24-22-28)36-32(35)33(3,34)25-7-5-2/h12-13,15-24H,4-11,14,25H2,1-3H3. The third kappa shape index (κ3) is 8.05. The van der Waals surface area contributed by atoms with E-state index in [0.29, 0.717) is 12.2 Å². The molecule has 0 radical (unpaired) electrons. The van der Waals surface area contributed by atoms with Crippen molar-refractivity contribution in [3.8, 4) is 28.0 Å². The Morgan fingerprint density at radius 1 is 0.722 bits per heavy atom. The van der Waals surface area contributed by atoms with Gasteiger partial charge >= 0.3 is 5.97 Å². The first kappa shape index (κ1) is 27.6. The number of carbonyl (C=O) groups excluding carboxylic acids is 1. The van der Waals surface area contributed by atoms with Gasteiger partial charge in [0.1, 0.15) is 5.75 Å². The molecular weight excluding hydrogens is 447 g/mol. The second-order valence-corrected chi connectivity index (χ2v) is 9.98. The lowest BCUT2D eigenvalue weighted by Crippen LogP contribution is -2.34. The van der Waals surface area contributed by atoms with Gasteiger partial charge in [0.2, 0.25) is 5.67 Å². The lowest BCUT2D eigenvalue weighted by molar-refractivity contribution is -0.147. The van der Waals surface area contributed by atoms with E-state index in [1.54, 1.807) is 12.1 Å². The maximum absolute atomic E-state index is 14.6. The third-order valence-corrected chi connectivity index (χ3v) is 6.81. The monoisotopic (exact) mass is 488 g/mol. The van der Waals surface area contributed by atoms with Crippen LogP contribution in [-0.4, -0.2) is 11.6 Å². The fraction of sp³-hybridized carbons (Fsp3) is 0.424. The number of unbranched alkanes of at least 4 members (excludes halogenated alkanes) is 6. The van der Waals surface area contributed by atoms with Crippen molar-refractivity contribution in [2.45, 2.75) is 90.6 Å². The Bertz CT molecular complexity index is 1070. The van der Waals surface area contributed by atoms with Gasteiger partial charge in [0, 0.05) is 0 Å². The molecule has 3 aromatic carbocycles. The molecule has 36 heavy (non-hydrogen) atoms. The average molecular weight is 489 g/mol. The van der Waals surface area contributed by atoms with Crippen LogP contribution in [-0.2, 0) is 11.2 Å². The van der Waals surface area contributed by atoms with Crippen molar-refractivity contribution in [1.82, 2.24) is 0 Å². The van der Waals surface area contributed by atoms with Crippen LogP contribution < -0.4 is 4.74 Å². The van der Waals surface area contributed by atoms with Crippen LogP contribution in [0.4, 0.5) is 4.39 Å². The van der Waals surface area contributed by atoms with E-state index in [2.05, 4.69) is 49.4 Å². The number of carbonyl (C=O) groups is 1. The average Bonchev–Trinajstić information content (AvgIpc) is 2.90. The van der Waals surface area contributed by atoms with Crippen LogP contribution in [0.3, 0.4) is 0 Å². The molecule has 2 nitrogen and oxygen atoms in total. The topological polar surface area (TPSA) is 26.3 Å². The van der Waals surface area contributed by atoms with E-state index in [1.165, 1.54) is 56.6 Å². The summed E-state index contributed by atoms with van der Waals surface area (Å²) >= 11 is 0. The number of hydrogen-bond donors (Lipinski definition) is 0. The molecule has 1 unspecified atom stereocenters. The van der Waals surface area contributed by atoms with E-state index in [1.807, 2.05) is 25.1 Å². The maximum atomic E-state index is 14.6. The first-order valence-corrected chi connectivity index (χ1v) is 13.6. The van der Waals surface area contributed by atoms with Crippen molar-refractivity contribution in [1.29, 1.82) is 0 Å². The van der Waals surface area contributed by atoms with Gasteiger partial charge in [-0.05, 0) is 72.6 Å². The summed E-state index contributed by atoms with van der Waals surface area (Å²) in [5.41, 5.74) is 3.88. The van der Waals surface area contributed by atoms with Gasteiger partial charge in [-0.1, -0.05) is 113 Å². The highest BCUT2D eigenvalue weighted by atomic mass is 19.1. The zero-order valence-electron chi connectivity index (χ0n) is 22.2. The van der Waals surface area contributed by atoms with E-state index in [9.17, 15) is 9.18 Å². The SMILES string of the molecule is CCCCCCCCc1ccc(-c2ccccc2-c2ccc(OC(=O)C(C)(F)CCCC)cc2)cc1. The minimum absolute atomic E-state index is 0.172. The van der Waals surface area contributed by atoms with Gasteiger partial charge in [-0.3, -0.25) is 0 Å². The molecule has 0 saturated carbocycles. The van der Waals surface area contributed by atoms with Crippen LogP contribution in [0.2, 0.25) is 0 Å². The lowest BCUT2D eigenvalue weighted by atomic mass is 9.93. The zero-order valence-corrected chi connectivity index (χ0v) is 22.2. The predicted molar refractivity (Wildman–Crippen MR) is 149 cm³/mol. The Morgan fingerprint density at radius 2 is 1.25 bits per heavy atom. The Labute approximate surface area is 216 Å². The number of hydrogen-bond acceptors (Lipinski definition) is 2. The molecule has 0 amide bonds. The van der Waals surface area contributed by atoms with Crippen molar-refractivity contribution in [3.63, 3.8) is 0 Å². The number of halogens is 1. The van der Waals surface area contributed by atoms with Crippen molar-refractivity contribution in [3.05, 3.63) is 78.4 Å². The number of aryl methyl sites for hydroxylation is 1. The zero-order chi connectivity index (χ0) is 25.8. The fourth-order valence-electron chi connectivity index (χ4n) is 4.47. The Kier molecular flexibility index (Phi) is 10.7.